The minimum atomic E-state index is -3.75. The van der Waals surface area contributed by atoms with E-state index in [4.69, 9.17) is 39.5 Å². The summed E-state index contributed by atoms with van der Waals surface area (Å²) in [6.07, 6.45) is 0. The van der Waals surface area contributed by atoms with Crippen molar-refractivity contribution < 1.29 is 17.9 Å². The number of sulfonamides is 1. The first-order valence-electron chi connectivity index (χ1n) is 7.93. The lowest BCUT2D eigenvalue weighted by molar-refractivity contribution is 0.0730. The highest BCUT2D eigenvalue weighted by atomic mass is 35.5. The molecule has 6 nitrogen and oxygen atoms in total. The number of rotatable bonds is 4. The first-order valence-corrected chi connectivity index (χ1v) is 10.5. The van der Waals surface area contributed by atoms with Gasteiger partial charge in [-0.2, -0.15) is 4.31 Å². The van der Waals surface area contributed by atoms with Gasteiger partial charge in [0.05, 0.1) is 39.4 Å². The average molecular weight is 450 g/mol. The Labute approximate surface area is 172 Å². The number of anilines is 1. The van der Waals surface area contributed by atoms with Gasteiger partial charge >= 0.3 is 0 Å². The minimum Gasteiger partial charge on any atom is -0.379 e. The number of nitrogens with one attached hydrogen (secondary N) is 1. The molecule has 1 amide bonds. The van der Waals surface area contributed by atoms with E-state index in [2.05, 4.69) is 5.32 Å². The fourth-order valence-electron chi connectivity index (χ4n) is 2.56. The lowest BCUT2D eigenvalue weighted by Gasteiger charge is -2.26. The summed E-state index contributed by atoms with van der Waals surface area (Å²) >= 11 is 18.0. The van der Waals surface area contributed by atoms with E-state index in [0.717, 1.165) is 0 Å². The molecule has 1 aliphatic heterocycles. The topological polar surface area (TPSA) is 75.7 Å². The molecule has 1 N–H and O–H groups in total. The second-order valence-corrected chi connectivity index (χ2v) is 8.93. The van der Waals surface area contributed by atoms with Gasteiger partial charge in [-0.15, -0.1) is 0 Å². The number of benzene rings is 2. The maximum Gasteiger partial charge on any atom is 0.257 e. The molecule has 1 saturated heterocycles. The minimum absolute atomic E-state index is 0.0128. The van der Waals surface area contributed by atoms with Crippen LogP contribution >= 0.6 is 34.8 Å². The highest BCUT2D eigenvalue weighted by Gasteiger charge is 2.27. The van der Waals surface area contributed by atoms with Crippen molar-refractivity contribution in [3.05, 3.63) is 57.0 Å². The van der Waals surface area contributed by atoms with Gasteiger partial charge in [0.15, 0.2) is 0 Å². The molecule has 0 atom stereocenters. The van der Waals surface area contributed by atoms with Crippen LogP contribution in [0.4, 0.5) is 5.69 Å². The number of halogens is 3. The van der Waals surface area contributed by atoms with Gasteiger partial charge in [-0.25, -0.2) is 8.42 Å². The van der Waals surface area contributed by atoms with Crippen LogP contribution in [0.5, 0.6) is 0 Å². The SMILES string of the molecule is O=C(Nc1ccc(Cl)cc1Cl)c1cc(S(=O)(=O)N2CCOCC2)ccc1Cl. The maximum atomic E-state index is 12.8. The lowest BCUT2D eigenvalue weighted by atomic mass is 10.2. The quantitative estimate of drug-likeness (QED) is 0.767. The molecule has 144 valence electrons. The standard InChI is InChI=1S/C17H15Cl3N2O4S/c18-11-1-4-16(15(20)9-11)21-17(23)13-10-12(2-3-14(13)19)27(24,25)22-5-7-26-8-6-22/h1-4,9-10H,5-8H2,(H,21,23). The predicted octanol–water partition coefficient (Wildman–Crippen LogP) is 3.92. The van der Waals surface area contributed by atoms with Crippen LogP contribution in [0.15, 0.2) is 41.3 Å². The van der Waals surface area contributed by atoms with E-state index in [1.165, 1.54) is 28.6 Å². The van der Waals surface area contributed by atoms with Crippen LogP contribution in [0.2, 0.25) is 15.1 Å². The Kier molecular flexibility index (Phi) is 6.30. The molecule has 0 radical (unpaired) electrons. The number of carbonyl (C=O) groups excluding carboxylic acids is 1. The average Bonchev–Trinajstić information content (AvgIpc) is 2.65. The Balaban J connectivity index is 1.89. The van der Waals surface area contributed by atoms with E-state index in [0.29, 0.717) is 23.9 Å². The largest absolute Gasteiger partial charge is 0.379 e. The number of hydrogen-bond acceptors (Lipinski definition) is 4. The zero-order valence-corrected chi connectivity index (χ0v) is 17.0. The van der Waals surface area contributed by atoms with Gasteiger partial charge in [-0.1, -0.05) is 34.8 Å². The van der Waals surface area contributed by atoms with E-state index in [9.17, 15) is 13.2 Å². The van der Waals surface area contributed by atoms with E-state index in [-0.39, 0.29) is 33.6 Å². The monoisotopic (exact) mass is 448 g/mol. The zero-order valence-electron chi connectivity index (χ0n) is 13.9. The summed E-state index contributed by atoms with van der Waals surface area (Å²) in [4.78, 5) is 12.6. The molecule has 0 saturated carbocycles. The molecule has 0 aromatic heterocycles. The molecule has 2 aromatic carbocycles. The second kappa shape index (κ2) is 8.34. The number of nitrogens with zero attached hydrogens (tertiary/aromatic N) is 1. The number of hydrogen-bond donors (Lipinski definition) is 1. The Morgan fingerprint density at radius 1 is 1.00 bits per heavy atom. The van der Waals surface area contributed by atoms with Gasteiger partial charge in [-0.3, -0.25) is 4.79 Å². The summed E-state index contributed by atoms with van der Waals surface area (Å²) in [6, 6.07) is 8.62. The molecular weight excluding hydrogens is 435 g/mol. The van der Waals surface area contributed by atoms with Crippen molar-refractivity contribution in [1.29, 1.82) is 0 Å². The van der Waals surface area contributed by atoms with Crippen LogP contribution in [0.3, 0.4) is 0 Å². The van der Waals surface area contributed by atoms with E-state index >= 15 is 0 Å². The molecule has 10 heteroatoms. The van der Waals surface area contributed by atoms with Gasteiger partial charge in [-0.05, 0) is 36.4 Å². The van der Waals surface area contributed by atoms with Crippen molar-refractivity contribution in [1.82, 2.24) is 4.31 Å². The normalized spacial score (nSPS) is 15.5. The van der Waals surface area contributed by atoms with Gasteiger partial charge in [0.2, 0.25) is 10.0 Å². The fourth-order valence-corrected chi connectivity index (χ4v) is 4.65. The molecule has 1 aliphatic rings. The van der Waals surface area contributed by atoms with Crippen molar-refractivity contribution in [2.45, 2.75) is 4.90 Å². The number of amides is 1. The molecule has 3 rings (SSSR count). The molecule has 0 bridgehead atoms. The first-order chi connectivity index (χ1) is 12.8. The summed E-state index contributed by atoms with van der Waals surface area (Å²) in [5.74, 6) is -0.580. The Morgan fingerprint density at radius 3 is 2.37 bits per heavy atom. The van der Waals surface area contributed by atoms with Crippen molar-refractivity contribution in [3.63, 3.8) is 0 Å². The van der Waals surface area contributed by atoms with Gasteiger partial charge in [0, 0.05) is 18.1 Å². The van der Waals surface area contributed by atoms with E-state index < -0.39 is 15.9 Å². The van der Waals surface area contributed by atoms with Gasteiger partial charge in [0.1, 0.15) is 0 Å². The van der Waals surface area contributed by atoms with Gasteiger partial charge in [0.25, 0.3) is 5.91 Å². The Morgan fingerprint density at radius 2 is 1.70 bits per heavy atom. The summed E-state index contributed by atoms with van der Waals surface area (Å²) in [5, 5.41) is 3.41. The van der Waals surface area contributed by atoms with Crippen LogP contribution in [-0.4, -0.2) is 44.9 Å². The van der Waals surface area contributed by atoms with E-state index in [1.807, 2.05) is 0 Å². The lowest BCUT2D eigenvalue weighted by Crippen LogP contribution is -2.40. The molecule has 0 spiro atoms. The fraction of sp³-hybridized carbons (Fsp3) is 0.235. The van der Waals surface area contributed by atoms with Crippen molar-refractivity contribution in [2.75, 3.05) is 31.6 Å². The summed E-state index contributed by atoms with van der Waals surface area (Å²) in [7, 11) is -3.75. The predicted molar refractivity (Wildman–Crippen MR) is 105 cm³/mol. The smallest absolute Gasteiger partial charge is 0.257 e. The molecule has 1 fully saturated rings. The molecule has 0 unspecified atom stereocenters. The third-order valence-electron chi connectivity index (χ3n) is 3.97. The number of ether oxygens (including phenoxy) is 1. The number of carbonyl (C=O) groups is 1. The highest BCUT2D eigenvalue weighted by molar-refractivity contribution is 7.89. The molecular formula is C17H15Cl3N2O4S. The van der Waals surface area contributed by atoms with Crippen LogP contribution in [0, 0.1) is 0 Å². The van der Waals surface area contributed by atoms with Gasteiger partial charge < -0.3 is 10.1 Å². The summed E-state index contributed by atoms with van der Waals surface area (Å²) < 4.78 is 32.1. The third kappa shape index (κ3) is 4.56. The summed E-state index contributed by atoms with van der Waals surface area (Å²) in [5.41, 5.74) is 0.362. The van der Waals surface area contributed by atoms with Crippen molar-refractivity contribution in [3.8, 4) is 0 Å². The van der Waals surface area contributed by atoms with E-state index in [1.54, 1.807) is 12.1 Å². The third-order valence-corrected chi connectivity index (χ3v) is 6.74. The summed E-state index contributed by atoms with van der Waals surface area (Å²) in [6.45, 7) is 1.17. The molecule has 2 aromatic rings. The second-order valence-electron chi connectivity index (χ2n) is 5.74. The number of morpholine rings is 1. The molecule has 27 heavy (non-hydrogen) atoms. The van der Waals surface area contributed by atoms with Crippen LogP contribution < -0.4 is 5.32 Å². The zero-order chi connectivity index (χ0) is 19.6. The first kappa shape index (κ1) is 20.4. The maximum absolute atomic E-state index is 12.8. The van der Waals surface area contributed by atoms with Crippen molar-refractivity contribution >= 4 is 56.4 Å². The Hall–Kier alpha value is -1.35. The Bertz CT molecular complexity index is 976. The van der Waals surface area contributed by atoms with Crippen LogP contribution in [-0.2, 0) is 14.8 Å². The highest BCUT2D eigenvalue weighted by Crippen LogP contribution is 2.28. The van der Waals surface area contributed by atoms with Crippen molar-refractivity contribution in [2.24, 2.45) is 0 Å². The molecule has 0 aliphatic carbocycles. The molecule has 1 heterocycles. The van der Waals surface area contributed by atoms with Crippen LogP contribution in [0.25, 0.3) is 0 Å². The van der Waals surface area contributed by atoms with Crippen LogP contribution in [0.1, 0.15) is 10.4 Å².